The summed E-state index contributed by atoms with van der Waals surface area (Å²) in [7, 11) is 5.58. The van der Waals surface area contributed by atoms with Crippen LogP contribution in [0.15, 0.2) is 24.3 Å². The lowest BCUT2D eigenvalue weighted by Crippen LogP contribution is -2.28. The van der Waals surface area contributed by atoms with E-state index >= 15 is 0 Å². The molecule has 1 rings (SSSR count). The summed E-state index contributed by atoms with van der Waals surface area (Å²) in [5, 5.41) is 2.92. The summed E-state index contributed by atoms with van der Waals surface area (Å²) in [5.74, 6) is 0.957. The van der Waals surface area contributed by atoms with Gasteiger partial charge in [0.05, 0.1) is 7.11 Å². The molecule has 0 unspecified atom stereocenters. The van der Waals surface area contributed by atoms with Crippen molar-refractivity contribution in [2.45, 2.75) is 12.8 Å². The van der Waals surface area contributed by atoms with Crippen molar-refractivity contribution in [1.82, 2.24) is 10.2 Å². The van der Waals surface area contributed by atoms with Gasteiger partial charge >= 0.3 is 0 Å². The summed E-state index contributed by atoms with van der Waals surface area (Å²) in [6.07, 6.45) is 1.37. The van der Waals surface area contributed by atoms with E-state index in [-0.39, 0.29) is 5.91 Å². The topological polar surface area (TPSA) is 41.6 Å². The number of methoxy groups -OCH3 is 1. The Morgan fingerprint density at radius 1 is 1.39 bits per heavy atom. The fraction of sp³-hybridized carbons (Fsp3) is 0.500. The third kappa shape index (κ3) is 5.68. The first-order valence-electron chi connectivity index (χ1n) is 6.16. The number of nitrogens with one attached hydrogen (secondary N) is 1. The van der Waals surface area contributed by atoms with Crippen LogP contribution in [-0.2, 0) is 11.2 Å². The third-order valence-electron chi connectivity index (χ3n) is 2.66. The molecule has 1 aromatic rings. The van der Waals surface area contributed by atoms with Crippen molar-refractivity contribution in [3.63, 3.8) is 0 Å². The number of nitrogens with zero attached hydrogens (tertiary/aromatic N) is 1. The van der Waals surface area contributed by atoms with Crippen LogP contribution in [0, 0.1) is 0 Å². The van der Waals surface area contributed by atoms with Crippen LogP contribution in [0.4, 0.5) is 0 Å². The van der Waals surface area contributed by atoms with E-state index in [1.54, 1.807) is 7.11 Å². The second-order valence-corrected chi connectivity index (χ2v) is 4.50. The number of rotatable bonds is 7. The van der Waals surface area contributed by atoms with Gasteiger partial charge in [-0.3, -0.25) is 4.79 Å². The molecule has 0 aliphatic carbocycles. The first-order valence-corrected chi connectivity index (χ1v) is 6.16. The summed E-state index contributed by atoms with van der Waals surface area (Å²) in [6, 6.07) is 7.90. The molecule has 100 valence electrons. The van der Waals surface area contributed by atoms with E-state index in [4.69, 9.17) is 4.74 Å². The molecule has 0 radical (unpaired) electrons. The number of hydrogen-bond acceptors (Lipinski definition) is 3. The van der Waals surface area contributed by atoms with E-state index in [0.717, 1.165) is 18.7 Å². The van der Waals surface area contributed by atoms with Gasteiger partial charge in [-0.05, 0) is 38.2 Å². The molecule has 0 bridgehead atoms. The fourth-order valence-electron chi connectivity index (χ4n) is 1.59. The highest BCUT2D eigenvalue weighted by Crippen LogP contribution is 2.12. The van der Waals surface area contributed by atoms with Crippen molar-refractivity contribution in [3.8, 4) is 5.75 Å². The van der Waals surface area contributed by atoms with Gasteiger partial charge in [-0.25, -0.2) is 0 Å². The maximum atomic E-state index is 11.5. The SMILES string of the molecule is COc1cccc(CCNC(=O)CCN(C)C)c1. The molecule has 4 nitrogen and oxygen atoms in total. The predicted molar refractivity (Wildman–Crippen MR) is 72.9 cm³/mol. The van der Waals surface area contributed by atoms with Gasteiger partial charge in [0.15, 0.2) is 0 Å². The third-order valence-corrected chi connectivity index (χ3v) is 2.66. The molecular weight excluding hydrogens is 228 g/mol. The molecule has 1 N–H and O–H groups in total. The monoisotopic (exact) mass is 250 g/mol. The second kappa shape index (κ2) is 7.71. The van der Waals surface area contributed by atoms with Crippen LogP contribution >= 0.6 is 0 Å². The first kappa shape index (κ1) is 14.5. The zero-order valence-corrected chi connectivity index (χ0v) is 11.4. The van der Waals surface area contributed by atoms with E-state index in [2.05, 4.69) is 5.32 Å². The molecule has 0 aromatic heterocycles. The zero-order valence-electron chi connectivity index (χ0n) is 11.4. The maximum Gasteiger partial charge on any atom is 0.221 e. The van der Waals surface area contributed by atoms with E-state index in [0.29, 0.717) is 13.0 Å². The molecule has 0 fully saturated rings. The fourth-order valence-corrected chi connectivity index (χ4v) is 1.59. The Labute approximate surface area is 109 Å². The number of amides is 1. The Kier molecular flexibility index (Phi) is 6.22. The van der Waals surface area contributed by atoms with E-state index in [1.807, 2.05) is 43.3 Å². The molecule has 18 heavy (non-hydrogen) atoms. The first-order chi connectivity index (χ1) is 8.61. The lowest BCUT2D eigenvalue weighted by molar-refractivity contribution is -0.121. The Balaban J connectivity index is 2.26. The van der Waals surface area contributed by atoms with Gasteiger partial charge in [-0.15, -0.1) is 0 Å². The molecule has 1 amide bonds. The summed E-state index contributed by atoms with van der Waals surface area (Å²) in [5.41, 5.74) is 1.17. The Morgan fingerprint density at radius 2 is 2.17 bits per heavy atom. The largest absolute Gasteiger partial charge is 0.497 e. The lowest BCUT2D eigenvalue weighted by atomic mass is 10.1. The molecule has 0 saturated heterocycles. The number of benzene rings is 1. The van der Waals surface area contributed by atoms with E-state index in [9.17, 15) is 4.79 Å². The lowest BCUT2D eigenvalue weighted by Gasteiger charge is -2.10. The minimum atomic E-state index is 0.103. The maximum absolute atomic E-state index is 11.5. The molecule has 0 atom stereocenters. The molecule has 0 aliphatic rings. The molecule has 0 saturated carbocycles. The average Bonchev–Trinajstić information content (AvgIpc) is 2.36. The minimum Gasteiger partial charge on any atom is -0.497 e. The van der Waals surface area contributed by atoms with Gasteiger partial charge in [0.2, 0.25) is 5.91 Å². The number of carbonyl (C=O) groups is 1. The number of ether oxygens (including phenoxy) is 1. The van der Waals surface area contributed by atoms with Gasteiger partial charge in [-0.1, -0.05) is 12.1 Å². The Bertz CT molecular complexity index is 378. The normalized spacial score (nSPS) is 10.4. The van der Waals surface area contributed by atoms with Gasteiger partial charge < -0.3 is 15.0 Å². The van der Waals surface area contributed by atoms with Crippen LogP contribution in [0.1, 0.15) is 12.0 Å². The van der Waals surface area contributed by atoms with Crippen LogP contribution in [-0.4, -0.2) is 45.1 Å². The van der Waals surface area contributed by atoms with Gasteiger partial charge in [0, 0.05) is 19.5 Å². The molecule has 4 heteroatoms. The van der Waals surface area contributed by atoms with Crippen LogP contribution in [0.2, 0.25) is 0 Å². The highest BCUT2D eigenvalue weighted by atomic mass is 16.5. The van der Waals surface area contributed by atoms with Crippen molar-refractivity contribution < 1.29 is 9.53 Å². The predicted octanol–water partition coefficient (Wildman–Crippen LogP) is 1.31. The van der Waals surface area contributed by atoms with Crippen molar-refractivity contribution in [2.75, 3.05) is 34.3 Å². The van der Waals surface area contributed by atoms with Gasteiger partial charge in [-0.2, -0.15) is 0 Å². The number of hydrogen-bond donors (Lipinski definition) is 1. The Morgan fingerprint density at radius 3 is 2.83 bits per heavy atom. The molecule has 1 aromatic carbocycles. The van der Waals surface area contributed by atoms with Crippen molar-refractivity contribution in [1.29, 1.82) is 0 Å². The second-order valence-electron chi connectivity index (χ2n) is 4.50. The molecular formula is C14H22N2O2. The van der Waals surface area contributed by atoms with Crippen molar-refractivity contribution >= 4 is 5.91 Å². The Hall–Kier alpha value is -1.55. The van der Waals surface area contributed by atoms with Crippen molar-refractivity contribution in [3.05, 3.63) is 29.8 Å². The smallest absolute Gasteiger partial charge is 0.221 e. The van der Waals surface area contributed by atoms with Gasteiger partial charge in [0.1, 0.15) is 5.75 Å². The highest BCUT2D eigenvalue weighted by molar-refractivity contribution is 5.76. The van der Waals surface area contributed by atoms with Gasteiger partial charge in [0.25, 0.3) is 0 Å². The zero-order chi connectivity index (χ0) is 13.4. The number of carbonyl (C=O) groups excluding carboxylic acids is 1. The van der Waals surface area contributed by atoms with Crippen molar-refractivity contribution in [2.24, 2.45) is 0 Å². The highest BCUT2D eigenvalue weighted by Gasteiger charge is 2.02. The van der Waals surface area contributed by atoms with Crippen LogP contribution in [0.25, 0.3) is 0 Å². The van der Waals surface area contributed by atoms with Crippen LogP contribution in [0.3, 0.4) is 0 Å². The molecule has 0 aliphatic heterocycles. The van der Waals surface area contributed by atoms with E-state index < -0.39 is 0 Å². The van der Waals surface area contributed by atoms with Crippen LogP contribution in [0.5, 0.6) is 5.75 Å². The summed E-state index contributed by atoms with van der Waals surface area (Å²) in [4.78, 5) is 13.5. The standard InChI is InChI=1S/C14H22N2O2/c1-16(2)10-8-14(17)15-9-7-12-5-4-6-13(11-12)18-3/h4-6,11H,7-10H2,1-3H3,(H,15,17). The van der Waals surface area contributed by atoms with E-state index in [1.165, 1.54) is 5.56 Å². The van der Waals surface area contributed by atoms with Crippen LogP contribution < -0.4 is 10.1 Å². The quantitative estimate of drug-likeness (QED) is 0.793. The summed E-state index contributed by atoms with van der Waals surface area (Å²) >= 11 is 0. The average molecular weight is 250 g/mol. The molecule has 0 spiro atoms. The minimum absolute atomic E-state index is 0.103. The molecule has 0 heterocycles. The summed E-state index contributed by atoms with van der Waals surface area (Å²) in [6.45, 7) is 1.45. The summed E-state index contributed by atoms with van der Waals surface area (Å²) < 4.78 is 5.15.